The molecule has 0 aliphatic rings. The Balaban J connectivity index is 2.39. The van der Waals surface area contributed by atoms with Crippen molar-refractivity contribution < 1.29 is 5.11 Å². The van der Waals surface area contributed by atoms with Crippen LogP contribution in [0, 0.1) is 0 Å². The zero-order valence-electron chi connectivity index (χ0n) is 8.39. The molecular formula is C11H17NOS. The molecule has 3 heteroatoms. The predicted molar refractivity (Wildman–Crippen MR) is 62.4 cm³/mol. The Labute approximate surface area is 89.5 Å². The van der Waals surface area contributed by atoms with E-state index in [1.807, 2.05) is 30.3 Å². The van der Waals surface area contributed by atoms with Crippen LogP contribution >= 0.6 is 11.8 Å². The third-order valence-electron chi connectivity index (χ3n) is 2.05. The fraction of sp³-hybridized carbons (Fsp3) is 0.455. The van der Waals surface area contributed by atoms with Crippen molar-refractivity contribution in [1.29, 1.82) is 0 Å². The summed E-state index contributed by atoms with van der Waals surface area (Å²) >= 11 is 1.70. The lowest BCUT2D eigenvalue weighted by Crippen LogP contribution is -2.14. The third kappa shape index (κ3) is 3.70. The minimum absolute atomic E-state index is 0.379. The van der Waals surface area contributed by atoms with Crippen LogP contribution in [0.5, 0.6) is 0 Å². The molecule has 0 amide bonds. The Bertz CT molecular complexity index is 253. The molecule has 1 aromatic carbocycles. The topological polar surface area (TPSA) is 46.2 Å². The minimum Gasteiger partial charge on any atom is -0.388 e. The van der Waals surface area contributed by atoms with Crippen LogP contribution in [0.3, 0.4) is 0 Å². The average molecular weight is 211 g/mol. The molecule has 0 aliphatic carbocycles. The second kappa shape index (κ2) is 6.06. The molecule has 0 aliphatic heterocycles. The van der Waals surface area contributed by atoms with Gasteiger partial charge in [0.2, 0.25) is 0 Å². The molecule has 0 aromatic heterocycles. The van der Waals surface area contributed by atoms with E-state index >= 15 is 0 Å². The van der Waals surface area contributed by atoms with Crippen LogP contribution in [0.4, 0.5) is 0 Å². The van der Waals surface area contributed by atoms with E-state index in [2.05, 4.69) is 6.92 Å². The highest BCUT2D eigenvalue weighted by Gasteiger charge is 2.08. The molecule has 2 unspecified atom stereocenters. The molecule has 0 radical (unpaired) electrons. The summed E-state index contributed by atoms with van der Waals surface area (Å²) in [6, 6.07) is 9.72. The summed E-state index contributed by atoms with van der Waals surface area (Å²) in [6.45, 7) is 2.73. The fourth-order valence-electron chi connectivity index (χ4n) is 1.09. The summed E-state index contributed by atoms with van der Waals surface area (Å²) in [7, 11) is 0. The molecule has 0 saturated heterocycles. The summed E-state index contributed by atoms with van der Waals surface area (Å²) in [6.07, 6.45) is -0.379. The Kier molecular flexibility index (Phi) is 5.01. The van der Waals surface area contributed by atoms with Gasteiger partial charge in [-0.2, -0.15) is 11.8 Å². The van der Waals surface area contributed by atoms with Gasteiger partial charge in [0.15, 0.2) is 0 Å². The lowest BCUT2D eigenvalue weighted by atomic mass is 10.1. The van der Waals surface area contributed by atoms with E-state index in [9.17, 15) is 5.11 Å². The molecule has 2 nitrogen and oxygen atoms in total. The SMILES string of the molecule is CC(CN)SCC(O)c1ccccc1. The van der Waals surface area contributed by atoms with Crippen LogP contribution in [-0.2, 0) is 0 Å². The Morgan fingerprint density at radius 3 is 2.57 bits per heavy atom. The Morgan fingerprint density at radius 1 is 1.36 bits per heavy atom. The summed E-state index contributed by atoms with van der Waals surface area (Å²) in [5, 5.41) is 10.2. The van der Waals surface area contributed by atoms with Crippen molar-refractivity contribution in [2.24, 2.45) is 5.73 Å². The molecule has 0 fully saturated rings. The van der Waals surface area contributed by atoms with E-state index in [1.165, 1.54) is 0 Å². The Hall–Kier alpha value is -0.510. The van der Waals surface area contributed by atoms with Crippen molar-refractivity contribution in [2.45, 2.75) is 18.3 Å². The number of rotatable bonds is 5. The van der Waals surface area contributed by atoms with Gasteiger partial charge in [-0.15, -0.1) is 0 Å². The Morgan fingerprint density at radius 2 is 2.00 bits per heavy atom. The molecule has 2 atom stereocenters. The van der Waals surface area contributed by atoms with Crippen LogP contribution < -0.4 is 5.73 Å². The van der Waals surface area contributed by atoms with E-state index in [-0.39, 0.29) is 6.10 Å². The highest BCUT2D eigenvalue weighted by atomic mass is 32.2. The molecular weight excluding hydrogens is 194 g/mol. The van der Waals surface area contributed by atoms with Crippen LogP contribution in [0.1, 0.15) is 18.6 Å². The van der Waals surface area contributed by atoms with Crippen LogP contribution in [0.25, 0.3) is 0 Å². The number of nitrogens with two attached hydrogens (primary N) is 1. The fourth-order valence-corrected chi connectivity index (χ4v) is 1.93. The van der Waals surface area contributed by atoms with Gasteiger partial charge in [0.1, 0.15) is 0 Å². The van der Waals surface area contributed by atoms with Gasteiger partial charge in [-0.3, -0.25) is 0 Å². The van der Waals surface area contributed by atoms with Crippen molar-refractivity contribution in [3.63, 3.8) is 0 Å². The maximum absolute atomic E-state index is 9.80. The maximum Gasteiger partial charge on any atom is 0.0880 e. The summed E-state index contributed by atoms with van der Waals surface area (Å²) in [5.74, 6) is 0.711. The molecule has 1 aromatic rings. The van der Waals surface area contributed by atoms with E-state index < -0.39 is 0 Å². The van der Waals surface area contributed by atoms with Crippen molar-refractivity contribution in [1.82, 2.24) is 0 Å². The summed E-state index contributed by atoms with van der Waals surface area (Å²) in [5.41, 5.74) is 6.47. The largest absolute Gasteiger partial charge is 0.388 e. The normalized spacial score (nSPS) is 15.1. The third-order valence-corrected chi connectivity index (χ3v) is 3.32. The van der Waals surface area contributed by atoms with Gasteiger partial charge in [-0.25, -0.2) is 0 Å². The number of aliphatic hydroxyl groups excluding tert-OH is 1. The second-order valence-electron chi connectivity index (χ2n) is 3.31. The van der Waals surface area contributed by atoms with Gasteiger partial charge in [-0.05, 0) is 5.56 Å². The molecule has 0 heterocycles. The lowest BCUT2D eigenvalue weighted by molar-refractivity contribution is 0.204. The smallest absolute Gasteiger partial charge is 0.0880 e. The molecule has 1 rings (SSSR count). The highest BCUT2D eigenvalue weighted by molar-refractivity contribution is 7.99. The molecule has 14 heavy (non-hydrogen) atoms. The first-order valence-electron chi connectivity index (χ1n) is 4.78. The molecule has 0 bridgehead atoms. The van der Waals surface area contributed by atoms with Crippen molar-refractivity contribution in [3.05, 3.63) is 35.9 Å². The molecule has 0 spiro atoms. The van der Waals surface area contributed by atoms with Crippen molar-refractivity contribution >= 4 is 11.8 Å². The standard InChI is InChI=1S/C11H17NOS/c1-9(7-12)14-8-11(13)10-5-3-2-4-6-10/h2-6,9,11,13H,7-8,12H2,1H3. The first-order valence-corrected chi connectivity index (χ1v) is 5.83. The number of thioether (sulfide) groups is 1. The zero-order valence-corrected chi connectivity index (χ0v) is 9.20. The second-order valence-corrected chi connectivity index (χ2v) is 4.78. The average Bonchev–Trinajstić information content (AvgIpc) is 2.26. The lowest BCUT2D eigenvalue weighted by Gasteiger charge is -2.13. The monoisotopic (exact) mass is 211 g/mol. The first kappa shape index (κ1) is 11.6. The zero-order chi connectivity index (χ0) is 10.4. The quantitative estimate of drug-likeness (QED) is 0.780. The maximum atomic E-state index is 9.80. The van der Waals surface area contributed by atoms with Crippen LogP contribution in [0.15, 0.2) is 30.3 Å². The van der Waals surface area contributed by atoms with E-state index in [4.69, 9.17) is 5.73 Å². The highest BCUT2D eigenvalue weighted by Crippen LogP contribution is 2.20. The van der Waals surface area contributed by atoms with Gasteiger partial charge in [0.05, 0.1) is 6.10 Å². The summed E-state index contributed by atoms with van der Waals surface area (Å²) < 4.78 is 0. The number of benzene rings is 1. The summed E-state index contributed by atoms with van der Waals surface area (Å²) in [4.78, 5) is 0. The van der Waals surface area contributed by atoms with E-state index in [0.717, 1.165) is 5.56 Å². The van der Waals surface area contributed by atoms with E-state index in [0.29, 0.717) is 17.5 Å². The van der Waals surface area contributed by atoms with Gasteiger partial charge in [0.25, 0.3) is 0 Å². The van der Waals surface area contributed by atoms with Crippen LogP contribution in [-0.4, -0.2) is 22.7 Å². The van der Waals surface area contributed by atoms with Gasteiger partial charge >= 0.3 is 0 Å². The van der Waals surface area contributed by atoms with Crippen LogP contribution in [0.2, 0.25) is 0 Å². The minimum atomic E-state index is -0.379. The van der Waals surface area contributed by atoms with E-state index in [1.54, 1.807) is 11.8 Å². The number of hydrogen-bond donors (Lipinski definition) is 2. The molecule has 0 saturated carbocycles. The first-order chi connectivity index (χ1) is 6.74. The van der Waals surface area contributed by atoms with Gasteiger partial charge < -0.3 is 10.8 Å². The predicted octanol–water partition coefficient (Wildman–Crippen LogP) is 1.80. The molecule has 78 valence electrons. The van der Waals surface area contributed by atoms with Gasteiger partial charge in [-0.1, -0.05) is 37.3 Å². The molecule has 3 N–H and O–H groups in total. The van der Waals surface area contributed by atoms with Gasteiger partial charge in [0, 0.05) is 17.5 Å². The van der Waals surface area contributed by atoms with Crippen molar-refractivity contribution in [3.8, 4) is 0 Å². The number of hydrogen-bond acceptors (Lipinski definition) is 3. The van der Waals surface area contributed by atoms with Crippen molar-refractivity contribution in [2.75, 3.05) is 12.3 Å². The number of aliphatic hydroxyl groups is 1.